The Labute approximate surface area is 155 Å². The molecule has 1 aromatic carbocycles. The third kappa shape index (κ3) is 6.73. The van der Waals surface area contributed by atoms with E-state index in [2.05, 4.69) is 15.6 Å². The van der Waals surface area contributed by atoms with Gasteiger partial charge in [-0.1, -0.05) is 0 Å². The van der Waals surface area contributed by atoms with Gasteiger partial charge in [-0.3, -0.25) is 24.7 Å². The van der Waals surface area contributed by atoms with Crippen LogP contribution >= 0.6 is 0 Å². The van der Waals surface area contributed by atoms with E-state index in [1.54, 1.807) is 12.1 Å². The zero-order valence-electron chi connectivity index (χ0n) is 14.8. The molecular formula is C18H20N4O5. The second-order valence-electron chi connectivity index (χ2n) is 5.69. The number of nitrogens with zero attached hydrogens (tertiary/aromatic N) is 2. The number of amides is 2. The monoisotopic (exact) mass is 372 g/mol. The van der Waals surface area contributed by atoms with Gasteiger partial charge in [0.05, 0.1) is 10.5 Å². The smallest absolute Gasteiger partial charge is 0.269 e. The third-order valence-electron chi connectivity index (χ3n) is 3.55. The summed E-state index contributed by atoms with van der Waals surface area (Å²) in [5.74, 6) is -0.160. The molecular weight excluding hydrogens is 352 g/mol. The molecule has 0 aliphatic heterocycles. The molecule has 0 fully saturated rings. The van der Waals surface area contributed by atoms with Gasteiger partial charge in [-0.25, -0.2) is 0 Å². The first-order valence-electron chi connectivity index (χ1n) is 8.30. The van der Waals surface area contributed by atoms with Crippen molar-refractivity contribution < 1.29 is 19.2 Å². The molecule has 1 aromatic heterocycles. The molecule has 0 aliphatic rings. The van der Waals surface area contributed by atoms with Crippen LogP contribution in [-0.4, -0.2) is 41.4 Å². The van der Waals surface area contributed by atoms with Crippen molar-refractivity contribution in [1.29, 1.82) is 0 Å². The minimum Gasteiger partial charge on any atom is -0.484 e. The number of carbonyl (C=O) groups is 2. The number of hydrogen-bond donors (Lipinski definition) is 2. The Morgan fingerprint density at radius 3 is 2.44 bits per heavy atom. The number of nitro groups is 1. The summed E-state index contributed by atoms with van der Waals surface area (Å²) in [6.07, 6.45) is 2.08. The Morgan fingerprint density at radius 1 is 1.11 bits per heavy atom. The Balaban J connectivity index is 1.59. The maximum absolute atomic E-state index is 11.9. The molecule has 0 unspecified atom stereocenters. The number of aromatic nitrogens is 1. The van der Waals surface area contributed by atoms with Gasteiger partial charge < -0.3 is 15.4 Å². The molecule has 0 saturated heterocycles. The summed E-state index contributed by atoms with van der Waals surface area (Å²) in [5.41, 5.74) is 1.28. The molecule has 0 atom stereocenters. The summed E-state index contributed by atoms with van der Waals surface area (Å²) < 4.78 is 5.25. The van der Waals surface area contributed by atoms with Gasteiger partial charge in [-0.15, -0.1) is 0 Å². The first kappa shape index (κ1) is 19.8. The first-order chi connectivity index (χ1) is 13.0. The number of rotatable bonds is 9. The number of carbonyl (C=O) groups excluding carboxylic acids is 2. The van der Waals surface area contributed by atoms with Crippen molar-refractivity contribution in [2.24, 2.45) is 0 Å². The van der Waals surface area contributed by atoms with Crippen molar-refractivity contribution in [3.63, 3.8) is 0 Å². The molecule has 0 saturated carbocycles. The van der Waals surface area contributed by atoms with Crippen molar-refractivity contribution in [3.05, 3.63) is 64.0 Å². The molecule has 1 heterocycles. The standard InChI is InChI=1S/C18H20N4O5/c1-13-3-4-14(11-21-13)18(24)20-10-2-9-19-17(23)12-27-16-7-5-15(6-8-16)22(25)26/h3-8,11H,2,9-10,12H2,1H3,(H,19,23)(H,20,24). The molecule has 9 nitrogen and oxygen atoms in total. The maximum Gasteiger partial charge on any atom is 0.269 e. The van der Waals surface area contributed by atoms with E-state index in [9.17, 15) is 19.7 Å². The average molecular weight is 372 g/mol. The topological polar surface area (TPSA) is 123 Å². The van der Waals surface area contributed by atoms with Gasteiger partial charge in [0.2, 0.25) is 0 Å². The quantitative estimate of drug-likeness (QED) is 0.392. The summed E-state index contributed by atoms with van der Waals surface area (Å²) in [6.45, 7) is 2.44. The summed E-state index contributed by atoms with van der Waals surface area (Å²) in [6, 6.07) is 8.94. The number of non-ortho nitro benzene ring substituents is 1. The molecule has 27 heavy (non-hydrogen) atoms. The molecule has 0 bridgehead atoms. The Kier molecular flexibility index (Phi) is 7.24. The zero-order valence-corrected chi connectivity index (χ0v) is 14.8. The highest BCUT2D eigenvalue weighted by atomic mass is 16.6. The van der Waals surface area contributed by atoms with Crippen molar-refractivity contribution in [1.82, 2.24) is 15.6 Å². The van der Waals surface area contributed by atoms with E-state index in [0.717, 1.165) is 5.69 Å². The molecule has 0 aliphatic carbocycles. The molecule has 2 rings (SSSR count). The van der Waals surface area contributed by atoms with Crippen molar-refractivity contribution in [2.75, 3.05) is 19.7 Å². The Hall–Kier alpha value is -3.49. The summed E-state index contributed by atoms with van der Waals surface area (Å²) in [4.78, 5) is 37.7. The van der Waals surface area contributed by atoms with Crippen molar-refractivity contribution in [3.8, 4) is 5.75 Å². The predicted molar refractivity (Wildman–Crippen MR) is 97.5 cm³/mol. The van der Waals surface area contributed by atoms with Gasteiger partial charge >= 0.3 is 0 Å². The van der Waals surface area contributed by atoms with Crippen molar-refractivity contribution >= 4 is 17.5 Å². The lowest BCUT2D eigenvalue weighted by atomic mass is 10.2. The highest BCUT2D eigenvalue weighted by Gasteiger charge is 2.07. The SMILES string of the molecule is Cc1ccc(C(=O)NCCCNC(=O)COc2ccc([N+](=O)[O-])cc2)cn1. The van der Waals surface area contributed by atoms with Gasteiger partial charge in [0, 0.05) is 37.1 Å². The average Bonchev–Trinajstić information content (AvgIpc) is 2.66. The number of pyridine rings is 1. The fourth-order valence-electron chi connectivity index (χ4n) is 2.09. The predicted octanol–water partition coefficient (Wildman–Crippen LogP) is 1.61. The highest BCUT2D eigenvalue weighted by Crippen LogP contribution is 2.16. The first-order valence-corrected chi connectivity index (χ1v) is 8.30. The van der Waals surface area contributed by atoms with Gasteiger partial charge in [-0.05, 0) is 37.6 Å². The lowest BCUT2D eigenvalue weighted by Gasteiger charge is -2.08. The second-order valence-corrected chi connectivity index (χ2v) is 5.69. The third-order valence-corrected chi connectivity index (χ3v) is 3.55. The summed E-state index contributed by atoms with van der Waals surface area (Å²) >= 11 is 0. The second kappa shape index (κ2) is 9.85. The van der Waals surface area contributed by atoms with E-state index < -0.39 is 4.92 Å². The highest BCUT2D eigenvalue weighted by molar-refractivity contribution is 5.93. The fraction of sp³-hybridized carbons (Fsp3) is 0.278. The van der Waals surface area contributed by atoms with E-state index >= 15 is 0 Å². The fourth-order valence-corrected chi connectivity index (χ4v) is 2.09. The molecule has 0 spiro atoms. The lowest BCUT2D eigenvalue weighted by Crippen LogP contribution is -2.32. The van der Waals surface area contributed by atoms with E-state index in [0.29, 0.717) is 30.8 Å². The van der Waals surface area contributed by atoms with Crippen LogP contribution in [0.3, 0.4) is 0 Å². The van der Waals surface area contributed by atoms with Gasteiger partial charge in [-0.2, -0.15) is 0 Å². The van der Waals surface area contributed by atoms with Crippen LogP contribution in [0.5, 0.6) is 5.75 Å². The van der Waals surface area contributed by atoms with Crippen LogP contribution in [-0.2, 0) is 4.79 Å². The maximum atomic E-state index is 11.9. The normalized spacial score (nSPS) is 10.1. The molecule has 2 N–H and O–H groups in total. The Bertz CT molecular complexity index is 790. The Morgan fingerprint density at radius 2 is 1.81 bits per heavy atom. The van der Waals surface area contributed by atoms with Crippen LogP contribution in [0.2, 0.25) is 0 Å². The number of nitrogens with one attached hydrogen (secondary N) is 2. The zero-order chi connectivity index (χ0) is 19.6. The van der Waals surface area contributed by atoms with Crippen LogP contribution in [0.4, 0.5) is 5.69 Å². The number of benzene rings is 1. The van der Waals surface area contributed by atoms with Crippen LogP contribution in [0, 0.1) is 17.0 Å². The molecule has 2 aromatic rings. The van der Waals surface area contributed by atoms with E-state index in [1.165, 1.54) is 30.5 Å². The van der Waals surface area contributed by atoms with Crippen LogP contribution < -0.4 is 15.4 Å². The van der Waals surface area contributed by atoms with E-state index in [4.69, 9.17) is 4.74 Å². The lowest BCUT2D eigenvalue weighted by molar-refractivity contribution is -0.384. The van der Waals surface area contributed by atoms with Gasteiger partial charge in [0.1, 0.15) is 5.75 Å². The summed E-state index contributed by atoms with van der Waals surface area (Å²) in [7, 11) is 0. The molecule has 0 radical (unpaired) electrons. The number of nitro benzene ring substituents is 1. The van der Waals surface area contributed by atoms with Gasteiger partial charge in [0.15, 0.2) is 6.61 Å². The number of ether oxygens (including phenoxy) is 1. The molecule has 2 amide bonds. The van der Waals surface area contributed by atoms with Crippen LogP contribution in [0.1, 0.15) is 22.5 Å². The van der Waals surface area contributed by atoms with E-state index in [-0.39, 0.29) is 24.1 Å². The minimum atomic E-state index is -0.509. The van der Waals surface area contributed by atoms with Crippen LogP contribution in [0.25, 0.3) is 0 Å². The molecule has 142 valence electrons. The number of hydrogen-bond acceptors (Lipinski definition) is 6. The minimum absolute atomic E-state index is 0.0460. The largest absolute Gasteiger partial charge is 0.484 e. The molecule has 9 heteroatoms. The summed E-state index contributed by atoms with van der Waals surface area (Å²) in [5, 5.41) is 16.0. The van der Waals surface area contributed by atoms with Crippen LogP contribution in [0.15, 0.2) is 42.6 Å². The van der Waals surface area contributed by atoms with Gasteiger partial charge in [0.25, 0.3) is 17.5 Å². The van der Waals surface area contributed by atoms with Crippen molar-refractivity contribution in [2.45, 2.75) is 13.3 Å². The van der Waals surface area contributed by atoms with E-state index in [1.807, 2.05) is 6.92 Å². The number of aryl methyl sites for hydroxylation is 1.